The van der Waals surface area contributed by atoms with Gasteiger partial charge in [0.05, 0.1) is 38.9 Å². The molecule has 2 atom stereocenters. The first-order chi connectivity index (χ1) is 20.7. The van der Waals surface area contributed by atoms with Crippen molar-refractivity contribution in [1.29, 1.82) is 0 Å². The van der Waals surface area contributed by atoms with Crippen LogP contribution in [-0.2, 0) is 15.0 Å². The first-order valence-corrected chi connectivity index (χ1v) is 13.6. The topological polar surface area (TPSA) is 148 Å². The third-order valence-electron chi connectivity index (χ3n) is 8.82. The Bertz CT molecular complexity index is 1860. The Morgan fingerprint density at radius 2 is 1.47 bits per heavy atom. The van der Waals surface area contributed by atoms with Crippen molar-refractivity contribution in [3.63, 3.8) is 0 Å². The highest BCUT2D eigenvalue weighted by Gasteiger charge is 2.68. The van der Waals surface area contributed by atoms with Gasteiger partial charge in [-0.2, -0.15) is 5.10 Å². The van der Waals surface area contributed by atoms with E-state index in [0.29, 0.717) is 5.69 Å². The van der Waals surface area contributed by atoms with Gasteiger partial charge in [-0.15, -0.1) is 0 Å². The number of carbonyl (C=O) groups excluding carboxylic acids is 2. The monoisotopic (exact) mass is 573 g/mol. The zero-order chi connectivity index (χ0) is 30.0. The molecule has 4 aromatic carbocycles. The Morgan fingerprint density at radius 1 is 0.837 bits per heavy atom. The van der Waals surface area contributed by atoms with Gasteiger partial charge in [0.2, 0.25) is 11.8 Å². The van der Waals surface area contributed by atoms with Crippen LogP contribution >= 0.6 is 0 Å². The molecule has 0 aromatic heterocycles. The summed E-state index contributed by atoms with van der Waals surface area (Å²) in [6, 6.07) is 25.8. The largest absolute Gasteiger partial charge is 0.301 e. The number of nitro groups is 2. The smallest absolute Gasteiger partial charge is 0.274 e. The summed E-state index contributed by atoms with van der Waals surface area (Å²) in [6.07, 6.45) is 1.56. The number of carbonyl (C=O) groups is 2. The number of hydrazone groups is 1. The SMILES string of the molecule is Cc1ccc(N2C(=O)[C@@H]3C4c5ccccc5C(/C=N\Nc5ccc([N+](=O)[O-])cc5[N+](=O)[O-])(c5ccccc54)[C@H]3C2=O)cc1. The lowest BCUT2D eigenvalue weighted by Crippen LogP contribution is -2.54. The van der Waals surface area contributed by atoms with Crippen LogP contribution < -0.4 is 10.3 Å². The average Bonchev–Trinajstić information content (AvgIpc) is 3.28. The van der Waals surface area contributed by atoms with E-state index in [4.69, 9.17) is 0 Å². The Balaban J connectivity index is 1.41. The van der Waals surface area contributed by atoms with Gasteiger partial charge in [-0.25, -0.2) is 4.90 Å². The maximum absolute atomic E-state index is 14.4. The second-order valence-electron chi connectivity index (χ2n) is 11.0. The van der Waals surface area contributed by atoms with Crippen molar-refractivity contribution in [2.75, 3.05) is 10.3 Å². The van der Waals surface area contributed by atoms with Gasteiger partial charge in [0, 0.05) is 18.2 Å². The summed E-state index contributed by atoms with van der Waals surface area (Å²) in [5.41, 5.74) is 5.50. The van der Waals surface area contributed by atoms with Gasteiger partial charge in [0.15, 0.2) is 0 Å². The Labute approximate surface area is 244 Å². The van der Waals surface area contributed by atoms with Crippen LogP contribution in [0.3, 0.4) is 0 Å². The number of imide groups is 1. The predicted molar refractivity (Wildman–Crippen MR) is 158 cm³/mol. The molecule has 8 rings (SSSR count). The molecule has 0 radical (unpaired) electrons. The minimum absolute atomic E-state index is 0.0547. The maximum atomic E-state index is 14.4. The standard InChI is InChI=1S/C32H23N5O6/c1-18-10-12-19(13-11-18)35-30(38)28-27-21-6-2-4-8-23(21)32(29(28)31(35)39,24-9-5-3-7-22(24)27)17-33-34-25-15-14-20(36(40)41)16-26(25)37(42)43/h2-17,27-29,34H,1H3/b33-17-/t27?,28-,29-,32?/m1/s1. The minimum atomic E-state index is -1.18. The van der Waals surface area contributed by atoms with Gasteiger partial charge in [0.25, 0.3) is 5.69 Å². The van der Waals surface area contributed by atoms with Gasteiger partial charge < -0.3 is 0 Å². The molecule has 4 aromatic rings. The fourth-order valence-corrected chi connectivity index (χ4v) is 7.08. The summed E-state index contributed by atoms with van der Waals surface area (Å²) in [5.74, 6) is -2.50. The van der Waals surface area contributed by atoms with Crippen molar-refractivity contribution >= 4 is 40.8 Å². The number of non-ortho nitro benzene ring substituents is 1. The number of hydrogen-bond acceptors (Lipinski definition) is 8. The lowest BCUT2D eigenvalue weighted by atomic mass is 9.47. The molecule has 1 saturated heterocycles. The molecule has 0 saturated carbocycles. The molecular weight excluding hydrogens is 550 g/mol. The zero-order valence-corrected chi connectivity index (χ0v) is 22.7. The van der Waals surface area contributed by atoms with Crippen molar-refractivity contribution in [2.45, 2.75) is 18.3 Å². The molecule has 0 spiro atoms. The highest BCUT2D eigenvalue weighted by molar-refractivity contribution is 6.25. The van der Waals surface area contributed by atoms with Crippen molar-refractivity contribution in [3.8, 4) is 0 Å². The van der Waals surface area contributed by atoms with E-state index in [-0.39, 0.29) is 23.4 Å². The molecule has 43 heavy (non-hydrogen) atoms. The summed E-state index contributed by atoms with van der Waals surface area (Å²) < 4.78 is 0. The Kier molecular flexibility index (Phi) is 5.74. The number of nitrogens with zero attached hydrogens (tertiary/aromatic N) is 4. The Morgan fingerprint density at radius 3 is 2.07 bits per heavy atom. The van der Waals surface area contributed by atoms with Crippen LogP contribution in [0.2, 0.25) is 0 Å². The van der Waals surface area contributed by atoms with Gasteiger partial charge >= 0.3 is 5.69 Å². The fraction of sp³-hybridized carbons (Fsp3) is 0.156. The fourth-order valence-electron chi connectivity index (χ4n) is 7.08. The van der Waals surface area contributed by atoms with E-state index in [1.54, 1.807) is 18.3 Å². The molecule has 1 fully saturated rings. The van der Waals surface area contributed by atoms with E-state index in [0.717, 1.165) is 39.9 Å². The van der Waals surface area contributed by atoms with Crippen LogP contribution in [0, 0.1) is 39.0 Å². The van der Waals surface area contributed by atoms with Gasteiger partial charge in [-0.05, 0) is 47.4 Å². The number of benzene rings is 4. The molecule has 11 heteroatoms. The van der Waals surface area contributed by atoms with Crippen molar-refractivity contribution in [2.24, 2.45) is 16.9 Å². The van der Waals surface area contributed by atoms with Crippen LogP contribution in [0.15, 0.2) is 96.1 Å². The molecule has 0 unspecified atom stereocenters. The number of hydrogen-bond donors (Lipinski definition) is 1. The molecule has 3 aliphatic carbocycles. The van der Waals surface area contributed by atoms with Crippen molar-refractivity contribution in [3.05, 3.63) is 139 Å². The molecule has 1 heterocycles. The predicted octanol–water partition coefficient (Wildman–Crippen LogP) is 5.46. The van der Waals surface area contributed by atoms with Gasteiger partial charge in [-0.1, -0.05) is 66.2 Å². The lowest BCUT2D eigenvalue weighted by molar-refractivity contribution is -0.393. The van der Waals surface area contributed by atoms with E-state index >= 15 is 0 Å². The van der Waals surface area contributed by atoms with E-state index in [1.807, 2.05) is 67.6 Å². The molecule has 212 valence electrons. The van der Waals surface area contributed by atoms with E-state index in [1.165, 1.54) is 11.0 Å². The second kappa shape index (κ2) is 9.41. The first kappa shape index (κ1) is 26.2. The van der Waals surface area contributed by atoms with Crippen LogP contribution in [0.4, 0.5) is 22.7 Å². The highest BCUT2D eigenvalue weighted by atomic mass is 16.6. The summed E-state index contributed by atoms with van der Waals surface area (Å²) >= 11 is 0. The first-order valence-electron chi connectivity index (χ1n) is 13.6. The molecule has 1 N–H and O–H groups in total. The summed E-state index contributed by atoms with van der Waals surface area (Å²) in [5, 5.41) is 27.4. The number of nitrogens with one attached hydrogen (secondary N) is 1. The van der Waals surface area contributed by atoms with Crippen molar-refractivity contribution < 1.29 is 19.4 Å². The van der Waals surface area contributed by atoms with Crippen LogP contribution in [-0.4, -0.2) is 27.9 Å². The van der Waals surface area contributed by atoms with Crippen molar-refractivity contribution in [1.82, 2.24) is 0 Å². The van der Waals surface area contributed by atoms with Crippen LogP contribution in [0.25, 0.3) is 0 Å². The number of rotatable bonds is 6. The number of amides is 2. The van der Waals surface area contributed by atoms with Gasteiger partial charge in [-0.3, -0.25) is 35.2 Å². The Hall–Kier alpha value is -5.71. The molecule has 2 amide bonds. The molecule has 4 aliphatic rings. The highest BCUT2D eigenvalue weighted by Crippen LogP contribution is 2.63. The normalized spacial score (nSPS) is 23.2. The van der Waals surface area contributed by atoms with Crippen LogP contribution in [0.5, 0.6) is 0 Å². The maximum Gasteiger partial charge on any atom is 0.301 e. The third kappa shape index (κ3) is 3.64. The quantitative estimate of drug-likeness (QED) is 0.139. The summed E-state index contributed by atoms with van der Waals surface area (Å²) in [4.78, 5) is 51.4. The summed E-state index contributed by atoms with van der Waals surface area (Å²) in [6.45, 7) is 1.93. The molecule has 1 aliphatic heterocycles. The molecule has 2 bridgehead atoms. The molecular formula is C32H23N5O6. The van der Waals surface area contributed by atoms with E-state index in [9.17, 15) is 29.8 Å². The van der Waals surface area contributed by atoms with E-state index in [2.05, 4.69) is 10.5 Å². The third-order valence-corrected chi connectivity index (χ3v) is 8.82. The number of aryl methyl sites for hydroxylation is 1. The summed E-state index contributed by atoms with van der Waals surface area (Å²) in [7, 11) is 0. The van der Waals surface area contributed by atoms with E-state index < -0.39 is 38.5 Å². The zero-order valence-electron chi connectivity index (χ0n) is 22.7. The number of anilines is 2. The average molecular weight is 574 g/mol. The van der Waals surface area contributed by atoms with Crippen LogP contribution in [0.1, 0.15) is 33.7 Å². The number of nitro benzene ring substituents is 2. The lowest BCUT2D eigenvalue weighted by Gasteiger charge is -2.52. The second-order valence-corrected chi connectivity index (χ2v) is 11.0. The minimum Gasteiger partial charge on any atom is -0.274 e. The van der Waals surface area contributed by atoms with Gasteiger partial charge in [0.1, 0.15) is 5.69 Å². The molecule has 11 nitrogen and oxygen atoms in total.